The van der Waals surface area contributed by atoms with Gasteiger partial charge in [0, 0.05) is 29.3 Å². The van der Waals surface area contributed by atoms with Gasteiger partial charge in [-0.3, -0.25) is 19.5 Å². The van der Waals surface area contributed by atoms with Crippen LogP contribution in [0.25, 0.3) is 0 Å². The molecule has 2 aromatic carbocycles. The van der Waals surface area contributed by atoms with Crippen LogP contribution in [0.2, 0.25) is 0 Å². The van der Waals surface area contributed by atoms with Crippen LogP contribution in [0.4, 0.5) is 11.4 Å². The average molecular weight is 482 g/mol. The van der Waals surface area contributed by atoms with Crippen molar-refractivity contribution in [2.75, 3.05) is 10.2 Å². The predicted molar refractivity (Wildman–Crippen MR) is 142 cm³/mol. The monoisotopic (exact) mass is 481 g/mol. The van der Waals surface area contributed by atoms with E-state index < -0.39 is 11.9 Å². The summed E-state index contributed by atoms with van der Waals surface area (Å²) in [5, 5.41) is 3.07. The molecule has 0 radical (unpaired) electrons. The fourth-order valence-corrected chi connectivity index (χ4v) is 4.18. The Hall–Kier alpha value is -4.19. The highest BCUT2D eigenvalue weighted by Crippen LogP contribution is 2.33. The van der Waals surface area contributed by atoms with Crippen molar-refractivity contribution in [3.8, 4) is 0 Å². The third-order valence-electron chi connectivity index (χ3n) is 6.20. The molecule has 0 aliphatic rings. The standard InChI is InChI=1S/C30H31N3O3/c1-20-9-6-10-21(2)26(20)32-28(34)27(22-11-7-17-31-19-22)33(29(35)25-12-8-18-36-25)24-15-13-23(14-16-24)30(3,4)5/h6-19,27H,1-5H3,(H,32,34). The molecule has 0 saturated carbocycles. The van der Waals surface area contributed by atoms with E-state index in [2.05, 4.69) is 31.1 Å². The summed E-state index contributed by atoms with van der Waals surface area (Å²) >= 11 is 0. The molecule has 4 rings (SSSR count). The number of nitrogens with one attached hydrogen (secondary N) is 1. The van der Waals surface area contributed by atoms with Crippen molar-refractivity contribution in [3.63, 3.8) is 0 Å². The number of aromatic nitrogens is 1. The predicted octanol–water partition coefficient (Wildman–Crippen LogP) is 6.62. The van der Waals surface area contributed by atoms with Crippen LogP contribution < -0.4 is 10.2 Å². The number of carbonyl (C=O) groups is 2. The zero-order chi connectivity index (χ0) is 25.9. The third-order valence-corrected chi connectivity index (χ3v) is 6.20. The first-order valence-electron chi connectivity index (χ1n) is 11.9. The molecule has 2 amide bonds. The molecule has 6 nitrogen and oxygen atoms in total. The van der Waals surface area contributed by atoms with Gasteiger partial charge < -0.3 is 9.73 Å². The van der Waals surface area contributed by atoms with Gasteiger partial charge in [0.15, 0.2) is 5.76 Å². The first-order valence-corrected chi connectivity index (χ1v) is 11.9. The molecular formula is C30H31N3O3. The highest BCUT2D eigenvalue weighted by Gasteiger charge is 2.35. The Balaban J connectivity index is 1.85. The minimum absolute atomic E-state index is 0.0587. The topological polar surface area (TPSA) is 75.4 Å². The summed E-state index contributed by atoms with van der Waals surface area (Å²) in [5.74, 6) is -0.627. The SMILES string of the molecule is Cc1cccc(C)c1NC(=O)C(c1cccnc1)N(C(=O)c1ccco1)c1ccc(C(C)(C)C)cc1. The number of carbonyl (C=O) groups excluding carboxylic acids is 2. The number of anilines is 2. The van der Waals surface area contributed by atoms with Crippen molar-refractivity contribution < 1.29 is 14.0 Å². The lowest BCUT2D eigenvalue weighted by atomic mass is 9.87. The van der Waals surface area contributed by atoms with Crippen molar-refractivity contribution in [2.45, 2.75) is 46.1 Å². The lowest BCUT2D eigenvalue weighted by Crippen LogP contribution is -2.41. The second-order valence-electron chi connectivity index (χ2n) is 9.89. The molecule has 0 saturated heterocycles. The molecule has 0 aliphatic carbocycles. The smallest absolute Gasteiger partial charge is 0.294 e. The minimum Gasteiger partial charge on any atom is -0.459 e. The van der Waals surface area contributed by atoms with E-state index in [9.17, 15) is 9.59 Å². The first-order chi connectivity index (χ1) is 17.2. The van der Waals surface area contributed by atoms with Crippen LogP contribution in [0.5, 0.6) is 0 Å². The van der Waals surface area contributed by atoms with Crippen molar-refractivity contribution in [2.24, 2.45) is 0 Å². The Kier molecular flexibility index (Phi) is 7.06. The Morgan fingerprint density at radius 3 is 2.17 bits per heavy atom. The van der Waals surface area contributed by atoms with Crippen LogP contribution in [-0.2, 0) is 10.2 Å². The number of rotatable bonds is 6. The summed E-state index contributed by atoms with van der Waals surface area (Å²) in [4.78, 5) is 33.5. The van der Waals surface area contributed by atoms with Gasteiger partial charge in [0.25, 0.3) is 11.8 Å². The van der Waals surface area contributed by atoms with Gasteiger partial charge in [0.1, 0.15) is 6.04 Å². The van der Waals surface area contributed by atoms with Gasteiger partial charge in [-0.25, -0.2) is 0 Å². The van der Waals surface area contributed by atoms with Crippen molar-refractivity contribution in [1.29, 1.82) is 0 Å². The average Bonchev–Trinajstić information content (AvgIpc) is 3.40. The quantitative estimate of drug-likeness (QED) is 0.336. The van der Waals surface area contributed by atoms with Crippen LogP contribution in [0.15, 0.2) is 89.8 Å². The van der Waals surface area contributed by atoms with Crippen LogP contribution >= 0.6 is 0 Å². The number of aryl methyl sites for hydroxylation is 2. The van der Waals surface area contributed by atoms with Gasteiger partial charge >= 0.3 is 0 Å². The fourth-order valence-electron chi connectivity index (χ4n) is 4.18. The van der Waals surface area contributed by atoms with Crippen molar-refractivity contribution in [3.05, 3.63) is 113 Å². The Bertz CT molecular complexity index is 1320. The van der Waals surface area contributed by atoms with E-state index in [0.717, 1.165) is 22.4 Å². The Morgan fingerprint density at radius 2 is 1.61 bits per heavy atom. The molecular weight excluding hydrogens is 450 g/mol. The highest BCUT2D eigenvalue weighted by molar-refractivity contribution is 6.11. The van der Waals surface area contributed by atoms with E-state index in [4.69, 9.17) is 4.42 Å². The van der Waals surface area contributed by atoms with Gasteiger partial charge in [0.05, 0.1) is 6.26 Å². The van der Waals surface area contributed by atoms with Gasteiger partial charge in [-0.15, -0.1) is 0 Å². The van der Waals surface area contributed by atoms with E-state index in [1.165, 1.54) is 11.2 Å². The van der Waals surface area contributed by atoms with Crippen LogP contribution in [0.3, 0.4) is 0 Å². The maximum atomic E-state index is 14.0. The lowest BCUT2D eigenvalue weighted by Gasteiger charge is -2.31. The maximum absolute atomic E-state index is 14.0. The molecule has 1 N–H and O–H groups in total. The van der Waals surface area contributed by atoms with Crippen LogP contribution in [-0.4, -0.2) is 16.8 Å². The zero-order valence-corrected chi connectivity index (χ0v) is 21.3. The highest BCUT2D eigenvalue weighted by atomic mass is 16.3. The molecule has 0 fully saturated rings. The largest absolute Gasteiger partial charge is 0.459 e. The normalized spacial score (nSPS) is 12.1. The third kappa shape index (κ3) is 5.23. The molecule has 2 heterocycles. The Labute approximate surface area is 212 Å². The van der Waals surface area contributed by atoms with Gasteiger partial charge in [-0.1, -0.05) is 57.2 Å². The lowest BCUT2D eigenvalue weighted by molar-refractivity contribution is -0.117. The number of hydrogen-bond acceptors (Lipinski definition) is 4. The van der Waals surface area contributed by atoms with E-state index in [0.29, 0.717) is 11.3 Å². The summed E-state index contributed by atoms with van der Waals surface area (Å²) in [7, 11) is 0. The van der Waals surface area contributed by atoms with Gasteiger partial charge in [0.2, 0.25) is 0 Å². The summed E-state index contributed by atoms with van der Waals surface area (Å²) in [6, 6.07) is 19.4. The van der Waals surface area contributed by atoms with Crippen molar-refractivity contribution in [1.82, 2.24) is 4.98 Å². The zero-order valence-electron chi connectivity index (χ0n) is 21.3. The maximum Gasteiger partial charge on any atom is 0.294 e. The summed E-state index contributed by atoms with van der Waals surface area (Å²) in [6.45, 7) is 10.3. The van der Waals surface area contributed by atoms with E-state index >= 15 is 0 Å². The number of benzene rings is 2. The summed E-state index contributed by atoms with van der Waals surface area (Å²) < 4.78 is 5.46. The Morgan fingerprint density at radius 1 is 0.917 bits per heavy atom. The fraction of sp³-hybridized carbons (Fsp3) is 0.233. The van der Waals surface area contributed by atoms with E-state index in [-0.39, 0.29) is 17.1 Å². The number of furan rings is 1. The van der Waals surface area contributed by atoms with Crippen LogP contribution in [0, 0.1) is 13.8 Å². The second kappa shape index (κ2) is 10.2. The number of amides is 2. The number of hydrogen-bond donors (Lipinski definition) is 1. The molecule has 1 unspecified atom stereocenters. The molecule has 184 valence electrons. The molecule has 0 bridgehead atoms. The first kappa shape index (κ1) is 24.9. The number of nitrogens with zero attached hydrogens (tertiary/aromatic N) is 2. The minimum atomic E-state index is -0.990. The number of para-hydroxylation sites is 1. The van der Waals surface area contributed by atoms with E-state index in [1.807, 2.05) is 56.3 Å². The molecule has 2 aromatic heterocycles. The van der Waals surface area contributed by atoms with Crippen LogP contribution in [0.1, 0.15) is 59.6 Å². The molecule has 36 heavy (non-hydrogen) atoms. The summed E-state index contributed by atoms with van der Waals surface area (Å²) in [5.41, 5.74) is 4.82. The molecule has 1 atom stereocenters. The van der Waals surface area contributed by atoms with Gasteiger partial charge in [-0.2, -0.15) is 0 Å². The van der Waals surface area contributed by atoms with E-state index in [1.54, 1.807) is 36.7 Å². The molecule has 0 spiro atoms. The van der Waals surface area contributed by atoms with Crippen molar-refractivity contribution >= 4 is 23.2 Å². The molecule has 0 aliphatic heterocycles. The molecule has 6 heteroatoms. The second-order valence-corrected chi connectivity index (χ2v) is 9.89. The van der Waals surface area contributed by atoms with Gasteiger partial charge in [-0.05, 0) is 66.3 Å². The number of pyridine rings is 1. The molecule has 4 aromatic rings. The summed E-state index contributed by atoms with van der Waals surface area (Å²) in [6.07, 6.45) is 4.70.